The lowest BCUT2D eigenvalue weighted by Gasteiger charge is -2.39. The van der Waals surface area contributed by atoms with E-state index in [4.69, 9.17) is 32.8 Å². The molecule has 7 unspecified atom stereocenters. The Kier molecular flexibility index (Phi) is 5.80. The van der Waals surface area contributed by atoms with Gasteiger partial charge in [0, 0.05) is 29.9 Å². The van der Waals surface area contributed by atoms with E-state index in [-0.39, 0.29) is 41.4 Å². The molecule has 4 aliphatic rings. The van der Waals surface area contributed by atoms with Gasteiger partial charge in [-0.05, 0) is 51.0 Å². The van der Waals surface area contributed by atoms with Gasteiger partial charge in [-0.3, -0.25) is 15.1 Å². The molecule has 144 valence electrons. The van der Waals surface area contributed by atoms with Crippen LogP contribution >= 0.6 is 23.2 Å². The molecular weight excluding hydrogens is 365 g/mol. The number of nitrogens with zero attached hydrogens (tertiary/aromatic N) is 1. The van der Waals surface area contributed by atoms with Gasteiger partial charge in [-0.15, -0.1) is 23.2 Å². The molecule has 2 saturated heterocycles. The maximum Gasteiger partial charge on any atom is 0.143 e. The molecule has 2 heterocycles. The summed E-state index contributed by atoms with van der Waals surface area (Å²) in [5, 5.41) is 14.3. The van der Waals surface area contributed by atoms with Crippen molar-refractivity contribution in [3.8, 4) is 0 Å². The second-order valence-corrected chi connectivity index (χ2v) is 9.24. The largest absolute Gasteiger partial charge is 0.391 e. The monoisotopic (exact) mass is 393 g/mol. The highest BCUT2D eigenvalue weighted by molar-refractivity contribution is 6.24. The van der Waals surface area contributed by atoms with E-state index in [1.807, 2.05) is 0 Å². The van der Waals surface area contributed by atoms with Crippen LogP contribution in [0.25, 0.3) is 0 Å². The second-order valence-electron chi connectivity index (χ2n) is 8.07. The number of hydrogen-bond acceptors (Lipinski definition) is 6. The maximum absolute atomic E-state index is 10.7. The van der Waals surface area contributed by atoms with Gasteiger partial charge < -0.3 is 9.84 Å². The van der Waals surface area contributed by atoms with Gasteiger partial charge in [0.05, 0.1) is 12.2 Å². The normalized spacial score (nSPS) is 50.5. The van der Waals surface area contributed by atoms with Crippen LogP contribution in [0.1, 0.15) is 32.1 Å². The van der Waals surface area contributed by atoms with Gasteiger partial charge in [0.15, 0.2) is 0 Å². The second kappa shape index (κ2) is 7.76. The van der Waals surface area contributed by atoms with Crippen LogP contribution in [0.4, 0.5) is 0 Å². The third kappa shape index (κ3) is 3.83. The van der Waals surface area contributed by atoms with Gasteiger partial charge in [-0.2, -0.15) is 5.48 Å². The number of fused-ring (bicyclic) bond motifs is 1. The zero-order valence-electron chi connectivity index (χ0n) is 14.6. The first-order chi connectivity index (χ1) is 12.0. The van der Waals surface area contributed by atoms with Crippen molar-refractivity contribution in [2.24, 2.45) is 11.8 Å². The zero-order valence-corrected chi connectivity index (χ0v) is 16.1. The van der Waals surface area contributed by atoms with Crippen LogP contribution in [-0.2, 0) is 9.57 Å². The number of nitrogens with one attached hydrogen (secondary N) is 2. The Bertz CT molecular complexity index is 468. The Morgan fingerprint density at radius 2 is 2.04 bits per heavy atom. The van der Waals surface area contributed by atoms with Gasteiger partial charge >= 0.3 is 0 Å². The third-order valence-electron chi connectivity index (χ3n) is 6.37. The van der Waals surface area contributed by atoms with Crippen molar-refractivity contribution in [2.75, 3.05) is 20.2 Å². The minimum absolute atomic E-state index is 0.0382. The number of likely N-dealkylation sites (N-methyl/N-ethyl adjacent to an activating group) is 1. The summed E-state index contributed by atoms with van der Waals surface area (Å²) in [6.45, 7) is 1.52. The summed E-state index contributed by atoms with van der Waals surface area (Å²) in [6.07, 6.45) is 4.43. The predicted octanol–water partition coefficient (Wildman–Crippen LogP) is 1.25. The van der Waals surface area contributed by atoms with E-state index < -0.39 is 0 Å². The van der Waals surface area contributed by atoms with Crippen molar-refractivity contribution in [2.45, 2.75) is 73.5 Å². The van der Waals surface area contributed by atoms with Gasteiger partial charge in [-0.25, -0.2) is 0 Å². The summed E-state index contributed by atoms with van der Waals surface area (Å²) >= 11 is 12.9. The lowest BCUT2D eigenvalue weighted by molar-refractivity contribution is -0.0246. The number of ether oxygens (including phenoxy) is 1. The summed E-state index contributed by atoms with van der Waals surface area (Å²) < 4.78 is 5.71. The molecule has 0 aromatic rings. The molecule has 8 heteroatoms. The topological polar surface area (TPSA) is 66.0 Å². The predicted molar refractivity (Wildman–Crippen MR) is 96.4 cm³/mol. The van der Waals surface area contributed by atoms with Crippen LogP contribution in [-0.4, -0.2) is 71.6 Å². The van der Waals surface area contributed by atoms with Crippen molar-refractivity contribution >= 4 is 23.2 Å². The lowest BCUT2D eigenvalue weighted by Crippen LogP contribution is -2.50. The van der Waals surface area contributed by atoms with E-state index in [1.165, 1.54) is 0 Å². The Morgan fingerprint density at radius 3 is 2.80 bits per heavy atom. The van der Waals surface area contributed by atoms with Gasteiger partial charge in [0.25, 0.3) is 0 Å². The first-order valence-corrected chi connectivity index (χ1v) is 10.4. The molecule has 9 atom stereocenters. The van der Waals surface area contributed by atoms with Crippen molar-refractivity contribution < 1.29 is 14.7 Å². The molecule has 0 amide bonds. The number of hydrogen-bond donors (Lipinski definition) is 3. The molecule has 2 aliphatic heterocycles. The number of hydroxylamine groups is 1. The molecule has 4 fully saturated rings. The van der Waals surface area contributed by atoms with E-state index in [9.17, 15) is 5.11 Å². The number of rotatable bonds is 4. The van der Waals surface area contributed by atoms with Crippen LogP contribution in [0.5, 0.6) is 0 Å². The number of aliphatic hydroxyl groups excluding tert-OH is 1. The van der Waals surface area contributed by atoms with Gasteiger partial charge in [0.2, 0.25) is 0 Å². The summed E-state index contributed by atoms with van der Waals surface area (Å²) in [6, 6.07) is 0.0833. The minimum Gasteiger partial charge on any atom is -0.391 e. The average molecular weight is 394 g/mol. The van der Waals surface area contributed by atoms with Crippen molar-refractivity contribution in [3.05, 3.63) is 0 Å². The maximum atomic E-state index is 10.7. The fraction of sp³-hybridized carbons (Fsp3) is 1.00. The van der Waals surface area contributed by atoms with Crippen LogP contribution in [0.3, 0.4) is 0 Å². The van der Waals surface area contributed by atoms with E-state index in [1.54, 1.807) is 0 Å². The highest BCUT2D eigenvalue weighted by atomic mass is 35.5. The first kappa shape index (κ1) is 18.7. The smallest absolute Gasteiger partial charge is 0.143 e. The molecule has 2 aliphatic carbocycles. The average Bonchev–Trinajstić information content (AvgIpc) is 3.25. The Labute approximate surface area is 159 Å². The molecule has 4 rings (SSSR count). The number of aliphatic hydroxyl groups is 1. The summed E-state index contributed by atoms with van der Waals surface area (Å²) in [5.41, 5.74) is 3.06. The van der Waals surface area contributed by atoms with E-state index in [2.05, 4.69) is 22.7 Å². The molecule has 25 heavy (non-hydrogen) atoms. The Morgan fingerprint density at radius 1 is 1.20 bits per heavy atom. The molecule has 0 aromatic carbocycles. The van der Waals surface area contributed by atoms with Gasteiger partial charge in [-0.1, -0.05) is 0 Å². The van der Waals surface area contributed by atoms with Crippen LogP contribution in [0.15, 0.2) is 0 Å². The zero-order chi connectivity index (χ0) is 17.6. The summed E-state index contributed by atoms with van der Waals surface area (Å²) in [7, 11) is 2.06. The third-order valence-corrected chi connectivity index (χ3v) is 7.23. The molecule has 0 aromatic heterocycles. The molecule has 3 N–H and O–H groups in total. The highest BCUT2D eigenvalue weighted by Gasteiger charge is 2.50. The van der Waals surface area contributed by atoms with Crippen molar-refractivity contribution in [1.29, 1.82) is 0 Å². The summed E-state index contributed by atoms with van der Waals surface area (Å²) in [5.74, 6) is 0.705. The molecular formula is C17H29Cl2N3O3. The molecule has 0 bridgehead atoms. The Balaban J connectivity index is 1.35. The Hall–Kier alpha value is 0.340. The fourth-order valence-electron chi connectivity index (χ4n) is 5.24. The van der Waals surface area contributed by atoms with Crippen LogP contribution in [0.2, 0.25) is 0 Å². The molecule has 6 nitrogen and oxygen atoms in total. The SMILES string of the molecule is CN(CC1NC(C2CCCO2)NO1)[C@H]1C2CC(Cl)CC(Cl)C2C[C@H]1O. The minimum atomic E-state index is -0.355. The fourth-order valence-corrected chi connectivity index (χ4v) is 6.23. The van der Waals surface area contributed by atoms with E-state index in [0.29, 0.717) is 18.4 Å². The van der Waals surface area contributed by atoms with Crippen LogP contribution in [0, 0.1) is 11.8 Å². The molecule has 2 saturated carbocycles. The molecule has 0 spiro atoms. The van der Waals surface area contributed by atoms with Crippen LogP contribution < -0.4 is 10.8 Å². The van der Waals surface area contributed by atoms with Crippen molar-refractivity contribution in [3.63, 3.8) is 0 Å². The van der Waals surface area contributed by atoms with E-state index in [0.717, 1.165) is 38.7 Å². The highest BCUT2D eigenvalue weighted by Crippen LogP contribution is 2.47. The standard InChI is InChI=1S/C17H29Cl2N3O3/c1-22(8-15-20-17(21-25-15)14-3-2-4-24-14)16-11-5-9(18)6-12(19)10(11)7-13(16)23/h9-17,20-21,23H,2-8H2,1H3/t9?,10?,11?,12?,13-,14?,15?,16+,17?/m1/s1. The lowest BCUT2D eigenvalue weighted by atomic mass is 9.79. The first-order valence-electron chi connectivity index (χ1n) is 9.48. The van der Waals surface area contributed by atoms with E-state index >= 15 is 0 Å². The molecule has 0 radical (unpaired) electrons. The number of alkyl halides is 2. The number of halogens is 2. The quantitative estimate of drug-likeness (QED) is 0.624. The van der Waals surface area contributed by atoms with Gasteiger partial charge in [0.1, 0.15) is 12.4 Å². The summed E-state index contributed by atoms with van der Waals surface area (Å²) in [4.78, 5) is 7.92. The van der Waals surface area contributed by atoms with Crippen molar-refractivity contribution in [1.82, 2.24) is 15.7 Å².